The Morgan fingerprint density at radius 3 is 2.12 bits per heavy atom. The summed E-state index contributed by atoms with van der Waals surface area (Å²) < 4.78 is 57.5. The van der Waals surface area contributed by atoms with Crippen LogP contribution in [-0.4, -0.2) is 68.6 Å². The molecular formula is C13H24ClN3O5S2. The average Bonchev–Trinajstić information content (AvgIpc) is 2.50. The van der Waals surface area contributed by atoms with Crippen LogP contribution in [-0.2, 0) is 24.8 Å². The summed E-state index contributed by atoms with van der Waals surface area (Å²) in [6.45, 7) is 1.67. The molecule has 1 aromatic carbocycles. The van der Waals surface area contributed by atoms with Crippen molar-refractivity contribution in [1.29, 1.82) is 0 Å². The molecule has 0 unspecified atom stereocenters. The molecule has 2 N–H and O–H groups in total. The number of sulfonamides is 2. The molecule has 0 spiro atoms. The van der Waals surface area contributed by atoms with Crippen LogP contribution < -0.4 is 10.0 Å². The maximum atomic E-state index is 12.4. The van der Waals surface area contributed by atoms with E-state index >= 15 is 0 Å². The van der Waals surface area contributed by atoms with E-state index in [0.29, 0.717) is 19.7 Å². The van der Waals surface area contributed by atoms with Crippen molar-refractivity contribution in [3.63, 3.8) is 0 Å². The van der Waals surface area contributed by atoms with Crippen molar-refractivity contribution >= 4 is 32.5 Å². The lowest BCUT2D eigenvalue weighted by Crippen LogP contribution is -2.34. The molecule has 0 saturated carbocycles. The van der Waals surface area contributed by atoms with Crippen LogP contribution in [0.2, 0.25) is 0 Å². The molecule has 24 heavy (non-hydrogen) atoms. The van der Waals surface area contributed by atoms with Gasteiger partial charge in [-0.1, -0.05) is 12.1 Å². The molecule has 11 heteroatoms. The summed E-state index contributed by atoms with van der Waals surface area (Å²) in [6, 6.07) is 5.53. The van der Waals surface area contributed by atoms with Gasteiger partial charge in [0.25, 0.3) is 0 Å². The van der Waals surface area contributed by atoms with Crippen LogP contribution in [0.5, 0.6) is 0 Å². The normalized spacial score (nSPS) is 12.2. The largest absolute Gasteiger partial charge is 0.383 e. The van der Waals surface area contributed by atoms with Crippen LogP contribution in [0.3, 0.4) is 0 Å². The summed E-state index contributed by atoms with van der Waals surface area (Å²) in [6.07, 6.45) is 0. The van der Waals surface area contributed by atoms with Gasteiger partial charge in [-0.2, -0.15) is 0 Å². The average molecular weight is 402 g/mol. The summed E-state index contributed by atoms with van der Waals surface area (Å²) >= 11 is 0. The summed E-state index contributed by atoms with van der Waals surface area (Å²) in [4.78, 5) is -0.504. The Balaban J connectivity index is 0.00000529. The van der Waals surface area contributed by atoms with Gasteiger partial charge in [0.05, 0.1) is 6.61 Å². The maximum absolute atomic E-state index is 12.4. The summed E-state index contributed by atoms with van der Waals surface area (Å²) in [5, 5.41) is 3.00. The van der Waals surface area contributed by atoms with Crippen LogP contribution in [0.4, 0.5) is 0 Å². The fourth-order valence-electron chi connectivity index (χ4n) is 1.73. The lowest BCUT2D eigenvalue weighted by molar-refractivity contribution is 0.199. The standard InChI is InChI=1S/C13H23N3O5S2.ClH/c1-16(2)23(19,20)13-7-5-4-6-12(13)22(17,18)15-9-8-14-10-11-21-3;/h4-7,14-15H,8-11H2,1-3H3;1H. The molecule has 0 atom stereocenters. The van der Waals surface area contributed by atoms with Gasteiger partial charge in [0.15, 0.2) is 0 Å². The van der Waals surface area contributed by atoms with Gasteiger partial charge < -0.3 is 10.1 Å². The zero-order valence-electron chi connectivity index (χ0n) is 13.9. The van der Waals surface area contributed by atoms with Gasteiger partial charge in [0.1, 0.15) is 9.79 Å². The smallest absolute Gasteiger partial charge is 0.243 e. The van der Waals surface area contributed by atoms with E-state index in [1.807, 2.05) is 0 Å². The number of hydrogen-bond acceptors (Lipinski definition) is 6. The summed E-state index contributed by atoms with van der Waals surface area (Å²) in [5.74, 6) is 0. The van der Waals surface area contributed by atoms with E-state index in [-0.39, 0.29) is 28.7 Å². The third kappa shape index (κ3) is 6.28. The van der Waals surface area contributed by atoms with Gasteiger partial charge in [0, 0.05) is 40.8 Å². The number of hydrogen-bond donors (Lipinski definition) is 2. The minimum absolute atomic E-state index is 0. The second-order valence-corrected chi connectivity index (χ2v) is 8.73. The number of rotatable bonds is 10. The van der Waals surface area contributed by atoms with Crippen molar-refractivity contribution in [1.82, 2.24) is 14.3 Å². The fraction of sp³-hybridized carbons (Fsp3) is 0.538. The Kier molecular flexibility index (Phi) is 9.97. The molecule has 0 amide bonds. The highest BCUT2D eigenvalue weighted by Gasteiger charge is 2.27. The molecule has 0 aromatic heterocycles. The second-order valence-electron chi connectivity index (χ2n) is 4.87. The van der Waals surface area contributed by atoms with Gasteiger partial charge >= 0.3 is 0 Å². The first kappa shape index (κ1) is 23.2. The number of nitrogens with zero attached hydrogens (tertiary/aromatic N) is 1. The van der Waals surface area contributed by atoms with Crippen LogP contribution in [0.1, 0.15) is 0 Å². The van der Waals surface area contributed by atoms with E-state index in [2.05, 4.69) is 10.0 Å². The lowest BCUT2D eigenvalue weighted by atomic mass is 10.4. The van der Waals surface area contributed by atoms with Crippen molar-refractivity contribution in [3.8, 4) is 0 Å². The van der Waals surface area contributed by atoms with E-state index < -0.39 is 20.0 Å². The summed E-state index contributed by atoms with van der Waals surface area (Å²) in [7, 11) is -3.50. The van der Waals surface area contributed by atoms with Crippen LogP contribution in [0.15, 0.2) is 34.1 Å². The highest BCUT2D eigenvalue weighted by atomic mass is 35.5. The van der Waals surface area contributed by atoms with Crippen LogP contribution >= 0.6 is 12.4 Å². The SMILES string of the molecule is COCCNCCNS(=O)(=O)c1ccccc1S(=O)(=O)N(C)C.Cl. The Bertz CT molecular complexity index is 708. The zero-order valence-corrected chi connectivity index (χ0v) is 16.3. The number of nitrogens with one attached hydrogen (secondary N) is 2. The van der Waals surface area contributed by atoms with Crippen molar-refractivity contribution in [2.24, 2.45) is 0 Å². The zero-order chi connectivity index (χ0) is 17.5. The number of halogens is 1. The van der Waals surface area contributed by atoms with Gasteiger partial charge in [-0.25, -0.2) is 25.9 Å². The molecule has 1 rings (SSSR count). The topological polar surface area (TPSA) is 105 Å². The highest BCUT2D eigenvalue weighted by Crippen LogP contribution is 2.22. The summed E-state index contributed by atoms with van der Waals surface area (Å²) in [5.41, 5.74) is 0. The number of methoxy groups -OCH3 is 1. The molecule has 0 bridgehead atoms. The molecule has 0 radical (unpaired) electrons. The predicted molar refractivity (Wildman–Crippen MR) is 94.5 cm³/mol. The first-order valence-corrected chi connectivity index (χ1v) is 9.86. The Morgan fingerprint density at radius 1 is 1.00 bits per heavy atom. The third-order valence-corrected chi connectivity index (χ3v) is 6.50. The van der Waals surface area contributed by atoms with E-state index in [4.69, 9.17) is 4.74 Å². The molecule has 0 saturated heterocycles. The van der Waals surface area contributed by atoms with Crippen LogP contribution in [0, 0.1) is 0 Å². The molecule has 1 aromatic rings. The Hall–Kier alpha value is -0.750. The molecule has 0 aliphatic carbocycles. The first-order valence-electron chi connectivity index (χ1n) is 6.94. The van der Waals surface area contributed by atoms with E-state index in [1.165, 1.54) is 38.4 Å². The van der Waals surface area contributed by atoms with Gasteiger partial charge in [0.2, 0.25) is 20.0 Å². The van der Waals surface area contributed by atoms with E-state index in [1.54, 1.807) is 7.11 Å². The molecule has 0 heterocycles. The molecule has 140 valence electrons. The number of ether oxygens (including phenoxy) is 1. The molecule has 0 aliphatic rings. The van der Waals surface area contributed by atoms with Gasteiger partial charge in [-0.15, -0.1) is 12.4 Å². The predicted octanol–water partition coefficient (Wildman–Crippen LogP) is -0.127. The number of benzene rings is 1. The Labute approximate surface area is 150 Å². The van der Waals surface area contributed by atoms with Gasteiger partial charge in [-0.3, -0.25) is 0 Å². The fourth-order valence-corrected chi connectivity index (χ4v) is 4.46. The van der Waals surface area contributed by atoms with Gasteiger partial charge in [-0.05, 0) is 12.1 Å². The second kappa shape index (κ2) is 10.3. The van der Waals surface area contributed by atoms with Crippen molar-refractivity contribution in [2.45, 2.75) is 9.79 Å². The minimum Gasteiger partial charge on any atom is -0.383 e. The van der Waals surface area contributed by atoms with E-state index in [9.17, 15) is 16.8 Å². The minimum atomic E-state index is -3.93. The van der Waals surface area contributed by atoms with E-state index in [0.717, 1.165) is 4.31 Å². The molecule has 0 fully saturated rings. The quantitative estimate of drug-likeness (QED) is 0.529. The first-order chi connectivity index (χ1) is 10.7. The third-order valence-electron chi connectivity index (χ3n) is 2.97. The monoisotopic (exact) mass is 401 g/mol. The molecule has 0 aliphatic heterocycles. The van der Waals surface area contributed by atoms with Crippen LogP contribution in [0.25, 0.3) is 0 Å². The van der Waals surface area contributed by atoms with Crippen molar-refractivity contribution < 1.29 is 21.6 Å². The molecular weight excluding hydrogens is 378 g/mol. The molecule has 8 nitrogen and oxygen atoms in total. The highest BCUT2D eigenvalue weighted by molar-refractivity contribution is 7.92. The Morgan fingerprint density at radius 2 is 1.58 bits per heavy atom. The van der Waals surface area contributed by atoms with Crippen molar-refractivity contribution in [3.05, 3.63) is 24.3 Å². The lowest BCUT2D eigenvalue weighted by Gasteiger charge is -2.15. The van der Waals surface area contributed by atoms with Crippen molar-refractivity contribution in [2.75, 3.05) is 47.4 Å². The maximum Gasteiger partial charge on any atom is 0.243 e.